The molecule has 0 aliphatic rings. The van der Waals surface area contributed by atoms with Crippen molar-refractivity contribution in [3.8, 4) is 5.75 Å². The lowest BCUT2D eigenvalue weighted by atomic mass is 10.3. The molecule has 0 spiro atoms. The number of hydrogen-bond donors (Lipinski definition) is 0. The van der Waals surface area contributed by atoms with E-state index in [0.29, 0.717) is 34.6 Å². The van der Waals surface area contributed by atoms with Crippen LogP contribution < -0.4 is 9.64 Å². The monoisotopic (exact) mass is 458 g/mol. The van der Waals surface area contributed by atoms with Gasteiger partial charge in [-0.15, -0.1) is 11.8 Å². The molecule has 2 aromatic carbocycles. The topological polar surface area (TPSA) is 55.6 Å². The van der Waals surface area contributed by atoms with Gasteiger partial charge >= 0.3 is 0 Å². The van der Waals surface area contributed by atoms with Crippen LogP contribution in [0.4, 0.5) is 5.13 Å². The fourth-order valence-electron chi connectivity index (χ4n) is 2.88. The predicted molar refractivity (Wildman–Crippen MR) is 123 cm³/mol. The minimum Gasteiger partial charge on any atom is -0.497 e. The maximum atomic E-state index is 13.1. The number of carbonyl (C=O) groups excluding carboxylic acids is 1. The Kier molecular flexibility index (Phi) is 6.62. The van der Waals surface area contributed by atoms with Gasteiger partial charge < -0.3 is 9.15 Å². The molecule has 2 heterocycles. The first kappa shape index (κ1) is 20.8. The molecule has 0 saturated heterocycles. The van der Waals surface area contributed by atoms with Crippen LogP contribution in [0, 0.1) is 0 Å². The Labute approximate surface area is 187 Å². The van der Waals surface area contributed by atoms with Gasteiger partial charge in [0.15, 0.2) is 5.13 Å². The van der Waals surface area contributed by atoms with E-state index in [2.05, 4.69) is 4.98 Å². The van der Waals surface area contributed by atoms with Gasteiger partial charge in [0, 0.05) is 28.2 Å². The first-order chi connectivity index (χ1) is 14.6. The number of benzene rings is 2. The van der Waals surface area contributed by atoms with Crippen LogP contribution in [0.2, 0.25) is 5.02 Å². The summed E-state index contributed by atoms with van der Waals surface area (Å²) in [7, 11) is 1.62. The van der Waals surface area contributed by atoms with Crippen LogP contribution >= 0.6 is 34.7 Å². The molecule has 154 valence electrons. The number of rotatable bonds is 8. The third kappa shape index (κ3) is 4.98. The molecule has 0 unspecified atom stereocenters. The Morgan fingerprint density at radius 2 is 2.07 bits per heavy atom. The fourth-order valence-corrected chi connectivity index (χ4v) is 4.81. The molecule has 0 bridgehead atoms. The van der Waals surface area contributed by atoms with Crippen molar-refractivity contribution in [3.63, 3.8) is 0 Å². The first-order valence-electron chi connectivity index (χ1n) is 9.28. The molecule has 0 aliphatic carbocycles. The van der Waals surface area contributed by atoms with E-state index in [1.54, 1.807) is 30.0 Å². The molecule has 0 radical (unpaired) electrons. The van der Waals surface area contributed by atoms with Gasteiger partial charge in [0.1, 0.15) is 11.5 Å². The Morgan fingerprint density at radius 3 is 2.80 bits per heavy atom. The maximum absolute atomic E-state index is 13.1. The summed E-state index contributed by atoms with van der Waals surface area (Å²) < 4.78 is 11.8. The van der Waals surface area contributed by atoms with E-state index < -0.39 is 0 Å². The van der Waals surface area contributed by atoms with E-state index in [-0.39, 0.29) is 5.91 Å². The number of halogens is 1. The number of thioether (sulfide) groups is 1. The summed E-state index contributed by atoms with van der Waals surface area (Å²) in [6, 6.07) is 17.0. The van der Waals surface area contributed by atoms with E-state index in [1.165, 1.54) is 11.3 Å². The summed E-state index contributed by atoms with van der Waals surface area (Å²) in [4.78, 5) is 20.6. The zero-order valence-corrected chi connectivity index (χ0v) is 18.6. The molecular weight excluding hydrogens is 440 g/mol. The normalized spacial score (nSPS) is 11.0. The van der Waals surface area contributed by atoms with Crippen LogP contribution in [-0.2, 0) is 11.3 Å². The summed E-state index contributed by atoms with van der Waals surface area (Å²) >= 11 is 9.04. The maximum Gasteiger partial charge on any atom is 0.230 e. The summed E-state index contributed by atoms with van der Waals surface area (Å²) in [5, 5.41) is 1.35. The SMILES string of the molecule is COc1ccc2sc(N(Cc3ccco3)C(=O)CCSc3ccc(Cl)cc3)nc2c1. The van der Waals surface area contributed by atoms with Crippen LogP contribution in [0.3, 0.4) is 0 Å². The molecule has 0 saturated carbocycles. The zero-order valence-electron chi connectivity index (χ0n) is 16.2. The van der Waals surface area contributed by atoms with Crippen LogP contribution in [-0.4, -0.2) is 23.8 Å². The Hall–Kier alpha value is -2.48. The van der Waals surface area contributed by atoms with Crippen LogP contribution in [0.25, 0.3) is 10.2 Å². The summed E-state index contributed by atoms with van der Waals surface area (Å²) in [6.07, 6.45) is 1.99. The van der Waals surface area contributed by atoms with Crippen molar-refractivity contribution in [1.82, 2.24) is 4.98 Å². The Balaban J connectivity index is 1.51. The Bertz CT molecular complexity index is 1130. The van der Waals surface area contributed by atoms with E-state index in [9.17, 15) is 4.79 Å². The largest absolute Gasteiger partial charge is 0.497 e. The third-order valence-corrected chi connectivity index (χ3v) is 6.73. The molecule has 0 aliphatic heterocycles. The Morgan fingerprint density at radius 1 is 1.23 bits per heavy atom. The van der Waals surface area contributed by atoms with Gasteiger partial charge in [-0.1, -0.05) is 22.9 Å². The lowest BCUT2D eigenvalue weighted by Crippen LogP contribution is -2.30. The van der Waals surface area contributed by atoms with Crippen LogP contribution in [0.1, 0.15) is 12.2 Å². The van der Waals surface area contributed by atoms with E-state index in [4.69, 9.17) is 20.8 Å². The predicted octanol–water partition coefficient (Wildman–Crippen LogP) is 6.27. The second-order valence-electron chi connectivity index (χ2n) is 6.44. The molecule has 5 nitrogen and oxygen atoms in total. The standard InChI is InChI=1S/C22H19ClN2O3S2/c1-27-16-6-9-20-19(13-16)24-22(30-20)25(14-17-3-2-11-28-17)21(26)10-12-29-18-7-4-15(23)5-8-18/h2-9,11,13H,10,12,14H2,1H3. The molecule has 2 aromatic heterocycles. The smallest absolute Gasteiger partial charge is 0.230 e. The average molecular weight is 459 g/mol. The number of methoxy groups -OCH3 is 1. The summed E-state index contributed by atoms with van der Waals surface area (Å²) in [5.41, 5.74) is 0.808. The number of thiazole rings is 1. The molecule has 30 heavy (non-hydrogen) atoms. The number of hydrogen-bond acceptors (Lipinski definition) is 6. The minimum absolute atomic E-state index is 0.00103. The molecule has 4 rings (SSSR count). The second kappa shape index (κ2) is 9.55. The number of aromatic nitrogens is 1. The zero-order chi connectivity index (χ0) is 20.9. The molecule has 4 aromatic rings. The molecular formula is C22H19ClN2O3S2. The van der Waals surface area contributed by atoms with E-state index in [0.717, 1.165) is 20.9 Å². The van der Waals surface area contributed by atoms with Gasteiger partial charge in [-0.3, -0.25) is 9.69 Å². The molecule has 0 N–H and O–H groups in total. The number of nitrogens with zero attached hydrogens (tertiary/aromatic N) is 2. The number of furan rings is 1. The van der Waals surface area contributed by atoms with Gasteiger partial charge in [-0.25, -0.2) is 4.98 Å². The van der Waals surface area contributed by atoms with E-state index >= 15 is 0 Å². The van der Waals surface area contributed by atoms with Crippen molar-refractivity contribution in [1.29, 1.82) is 0 Å². The highest BCUT2D eigenvalue weighted by atomic mass is 35.5. The van der Waals surface area contributed by atoms with Crippen LogP contribution in [0.5, 0.6) is 5.75 Å². The summed E-state index contributed by atoms with van der Waals surface area (Å²) in [6.45, 7) is 0.342. The third-order valence-electron chi connectivity index (χ3n) is 4.41. The fraction of sp³-hybridized carbons (Fsp3) is 0.182. The van der Waals surface area contributed by atoms with Crippen molar-refractivity contribution in [2.24, 2.45) is 0 Å². The number of amides is 1. The minimum atomic E-state index is -0.00103. The average Bonchev–Trinajstić information content (AvgIpc) is 3.42. The van der Waals surface area contributed by atoms with Crippen LogP contribution in [0.15, 0.2) is 70.2 Å². The van der Waals surface area contributed by atoms with Gasteiger partial charge in [0.05, 0.1) is 30.1 Å². The lowest BCUT2D eigenvalue weighted by Gasteiger charge is -2.18. The highest BCUT2D eigenvalue weighted by Gasteiger charge is 2.21. The van der Waals surface area contributed by atoms with Gasteiger partial charge in [0.25, 0.3) is 0 Å². The number of anilines is 1. The molecule has 0 atom stereocenters. The van der Waals surface area contributed by atoms with Crippen molar-refractivity contribution in [3.05, 3.63) is 71.6 Å². The second-order valence-corrected chi connectivity index (χ2v) is 9.06. The lowest BCUT2D eigenvalue weighted by molar-refractivity contribution is -0.118. The first-order valence-corrected chi connectivity index (χ1v) is 11.5. The van der Waals surface area contributed by atoms with Crippen molar-refractivity contribution in [2.75, 3.05) is 17.8 Å². The number of fused-ring (bicyclic) bond motifs is 1. The quantitative estimate of drug-likeness (QED) is 0.291. The highest BCUT2D eigenvalue weighted by molar-refractivity contribution is 7.99. The molecule has 0 fully saturated rings. The summed E-state index contributed by atoms with van der Waals surface area (Å²) in [5.74, 6) is 2.11. The number of carbonyl (C=O) groups is 1. The molecule has 8 heteroatoms. The van der Waals surface area contributed by atoms with E-state index in [1.807, 2.05) is 54.6 Å². The van der Waals surface area contributed by atoms with Crippen molar-refractivity contribution >= 4 is 56.0 Å². The molecule has 1 amide bonds. The van der Waals surface area contributed by atoms with Gasteiger partial charge in [-0.05, 0) is 48.5 Å². The number of ether oxygens (including phenoxy) is 1. The van der Waals surface area contributed by atoms with Crippen molar-refractivity contribution in [2.45, 2.75) is 17.9 Å². The van der Waals surface area contributed by atoms with Gasteiger partial charge in [0.2, 0.25) is 5.91 Å². The van der Waals surface area contributed by atoms with Gasteiger partial charge in [-0.2, -0.15) is 0 Å². The highest BCUT2D eigenvalue weighted by Crippen LogP contribution is 2.32. The van der Waals surface area contributed by atoms with Crippen molar-refractivity contribution < 1.29 is 13.9 Å².